The summed E-state index contributed by atoms with van der Waals surface area (Å²) in [6.07, 6.45) is -15.6. The van der Waals surface area contributed by atoms with Crippen LogP contribution in [0.2, 0.25) is 0 Å². The Balaban J connectivity index is 2.07. The lowest BCUT2D eigenvalue weighted by Crippen LogP contribution is -2.63. The molecule has 2 rings (SSSR count). The summed E-state index contributed by atoms with van der Waals surface area (Å²) in [7, 11) is 0. The molecule has 0 spiro atoms. The summed E-state index contributed by atoms with van der Waals surface area (Å²) in [5.41, 5.74) is 0. The molecule has 11 nitrogen and oxygen atoms in total. The van der Waals surface area contributed by atoms with Crippen LogP contribution in [0.5, 0.6) is 0 Å². The van der Waals surface area contributed by atoms with Crippen LogP contribution < -0.4 is 0 Å². The fourth-order valence-electron chi connectivity index (χ4n) is 2.49. The molecule has 2 heterocycles. The Morgan fingerprint density at radius 3 is 1.22 bits per heavy atom. The minimum absolute atomic E-state index is 0.667. The Morgan fingerprint density at radius 1 is 0.565 bits per heavy atom. The van der Waals surface area contributed by atoms with Gasteiger partial charge in [0, 0.05) is 0 Å². The fourth-order valence-corrected chi connectivity index (χ4v) is 2.49. The third kappa shape index (κ3) is 3.65. The standard InChI is InChI=1S/C12H22O11/c13-1-3-5(15)7(17)9(19)11(21-3)23-12-10(20)8(18)6(16)4(2-14)22-12/h3-20H,1-2H2/t3?,4?,5-,6-,7+,8?,9?,10-,11-,12-/m1/s1. The summed E-state index contributed by atoms with van der Waals surface area (Å²) in [6, 6.07) is 0. The molecular weight excluding hydrogens is 320 g/mol. The summed E-state index contributed by atoms with van der Waals surface area (Å²) in [5, 5.41) is 76.4. The lowest BCUT2D eigenvalue weighted by molar-refractivity contribution is -0.376. The van der Waals surface area contributed by atoms with E-state index in [1.807, 2.05) is 0 Å². The van der Waals surface area contributed by atoms with Crippen molar-refractivity contribution in [3.63, 3.8) is 0 Å². The smallest absolute Gasteiger partial charge is 0.189 e. The first kappa shape index (κ1) is 18.9. The molecular formula is C12H22O11. The molecule has 0 aromatic carbocycles. The van der Waals surface area contributed by atoms with Gasteiger partial charge in [0.1, 0.15) is 48.8 Å². The van der Waals surface area contributed by atoms with Gasteiger partial charge in [0.2, 0.25) is 0 Å². The molecule has 0 aromatic rings. The first-order valence-corrected chi connectivity index (χ1v) is 7.08. The van der Waals surface area contributed by atoms with E-state index in [2.05, 4.69) is 0 Å². The van der Waals surface area contributed by atoms with Gasteiger partial charge in [-0.05, 0) is 0 Å². The molecule has 0 bridgehead atoms. The molecule has 0 aliphatic carbocycles. The highest BCUT2D eigenvalue weighted by atomic mass is 16.8. The maximum absolute atomic E-state index is 9.84. The first-order valence-electron chi connectivity index (χ1n) is 7.08. The first-order chi connectivity index (χ1) is 10.8. The van der Waals surface area contributed by atoms with Crippen molar-refractivity contribution in [3.05, 3.63) is 0 Å². The van der Waals surface area contributed by atoms with Crippen molar-refractivity contribution in [2.75, 3.05) is 13.2 Å². The lowest BCUT2D eigenvalue weighted by Gasteiger charge is -2.44. The van der Waals surface area contributed by atoms with Gasteiger partial charge >= 0.3 is 0 Å². The van der Waals surface area contributed by atoms with Crippen molar-refractivity contribution in [1.29, 1.82) is 0 Å². The number of hydrogen-bond donors (Lipinski definition) is 8. The summed E-state index contributed by atoms with van der Waals surface area (Å²) < 4.78 is 15.3. The molecule has 10 atom stereocenters. The number of hydrogen-bond acceptors (Lipinski definition) is 11. The predicted octanol–water partition coefficient (Wildman–Crippen LogP) is -5.40. The van der Waals surface area contributed by atoms with Crippen LogP contribution in [-0.4, -0.2) is 115 Å². The van der Waals surface area contributed by atoms with Crippen molar-refractivity contribution < 1.29 is 55.1 Å². The number of rotatable bonds is 4. The molecule has 2 saturated heterocycles. The van der Waals surface area contributed by atoms with E-state index in [0.717, 1.165) is 0 Å². The van der Waals surface area contributed by atoms with Crippen LogP contribution >= 0.6 is 0 Å². The average Bonchev–Trinajstić information content (AvgIpc) is 2.55. The van der Waals surface area contributed by atoms with Crippen molar-refractivity contribution in [3.8, 4) is 0 Å². The fraction of sp³-hybridized carbons (Fsp3) is 1.00. The molecule has 2 aliphatic heterocycles. The van der Waals surface area contributed by atoms with Crippen molar-refractivity contribution in [2.24, 2.45) is 0 Å². The SMILES string of the molecule is OCC1O[C@H](O[C@H]2OC(CO)[C@@H](O)[C@H](O)C2O)[C@H](O)C(O)[C@@H]1O. The van der Waals surface area contributed by atoms with Gasteiger partial charge in [0.25, 0.3) is 0 Å². The Bertz CT molecular complexity index is 344. The zero-order valence-corrected chi connectivity index (χ0v) is 12.0. The molecule has 2 aliphatic rings. The molecule has 0 amide bonds. The Hall–Kier alpha value is -0.440. The number of aliphatic hydroxyl groups is 8. The lowest BCUT2D eigenvalue weighted by atomic mass is 9.98. The molecule has 0 radical (unpaired) electrons. The second kappa shape index (κ2) is 7.63. The van der Waals surface area contributed by atoms with Gasteiger partial charge in [-0.15, -0.1) is 0 Å². The maximum atomic E-state index is 9.84. The van der Waals surface area contributed by atoms with E-state index in [1.54, 1.807) is 0 Å². The molecule has 2 fully saturated rings. The van der Waals surface area contributed by atoms with E-state index in [1.165, 1.54) is 0 Å². The van der Waals surface area contributed by atoms with Crippen LogP contribution in [0.25, 0.3) is 0 Å². The van der Waals surface area contributed by atoms with E-state index in [4.69, 9.17) is 24.4 Å². The van der Waals surface area contributed by atoms with Gasteiger partial charge < -0.3 is 55.1 Å². The zero-order chi connectivity index (χ0) is 17.3. The summed E-state index contributed by atoms with van der Waals surface area (Å²) >= 11 is 0. The normalized spacial score (nSPS) is 51.7. The molecule has 11 heteroatoms. The average molecular weight is 342 g/mol. The van der Waals surface area contributed by atoms with Crippen molar-refractivity contribution in [2.45, 2.75) is 61.4 Å². The maximum Gasteiger partial charge on any atom is 0.189 e. The third-order valence-corrected chi connectivity index (χ3v) is 3.97. The number of aliphatic hydroxyl groups excluding tert-OH is 8. The minimum Gasteiger partial charge on any atom is -0.394 e. The van der Waals surface area contributed by atoms with Gasteiger partial charge in [-0.1, -0.05) is 0 Å². The highest BCUT2D eigenvalue weighted by Crippen LogP contribution is 2.27. The van der Waals surface area contributed by atoms with Crippen LogP contribution in [0.15, 0.2) is 0 Å². The van der Waals surface area contributed by atoms with Crippen LogP contribution in [0.1, 0.15) is 0 Å². The second-order valence-corrected chi connectivity index (χ2v) is 5.53. The van der Waals surface area contributed by atoms with Gasteiger partial charge in [0.05, 0.1) is 13.2 Å². The predicted molar refractivity (Wildman–Crippen MR) is 68.6 cm³/mol. The molecule has 23 heavy (non-hydrogen) atoms. The van der Waals surface area contributed by atoms with Crippen LogP contribution in [-0.2, 0) is 14.2 Å². The molecule has 4 unspecified atom stereocenters. The Morgan fingerprint density at radius 2 is 0.913 bits per heavy atom. The van der Waals surface area contributed by atoms with E-state index >= 15 is 0 Å². The monoisotopic (exact) mass is 342 g/mol. The highest BCUT2D eigenvalue weighted by molar-refractivity contribution is 4.92. The Kier molecular flexibility index (Phi) is 6.27. The second-order valence-electron chi connectivity index (χ2n) is 5.53. The molecule has 0 saturated carbocycles. The van der Waals surface area contributed by atoms with E-state index in [-0.39, 0.29) is 0 Å². The molecule has 0 aromatic heterocycles. The van der Waals surface area contributed by atoms with Gasteiger partial charge in [0.15, 0.2) is 12.6 Å². The zero-order valence-electron chi connectivity index (χ0n) is 12.0. The third-order valence-electron chi connectivity index (χ3n) is 3.97. The summed E-state index contributed by atoms with van der Waals surface area (Å²) in [5.74, 6) is 0. The van der Waals surface area contributed by atoms with E-state index < -0.39 is 74.6 Å². The quantitative estimate of drug-likeness (QED) is 0.243. The summed E-state index contributed by atoms with van der Waals surface area (Å²) in [4.78, 5) is 0. The van der Waals surface area contributed by atoms with Crippen LogP contribution in [0, 0.1) is 0 Å². The van der Waals surface area contributed by atoms with Crippen LogP contribution in [0.3, 0.4) is 0 Å². The summed E-state index contributed by atoms with van der Waals surface area (Å²) in [6.45, 7) is -1.33. The van der Waals surface area contributed by atoms with Crippen molar-refractivity contribution in [1.82, 2.24) is 0 Å². The van der Waals surface area contributed by atoms with E-state index in [9.17, 15) is 30.6 Å². The Labute approximate surface area is 130 Å². The topological polar surface area (TPSA) is 190 Å². The van der Waals surface area contributed by atoms with E-state index in [0.29, 0.717) is 0 Å². The van der Waals surface area contributed by atoms with Crippen molar-refractivity contribution >= 4 is 0 Å². The highest BCUT2D eigenvalue weighted by Gasteiger charge is 2.49. The largest absolute Gasteiger partial charge is 0.394 e. The van der Waals surface area contributed by atoms with Gasteiger partial charge in [-0.3, -0.25) is 0 Å². The number of ether oxygens (including phenoxy) is 3. The van der Waals surface area contributed by atoms with Crippen LogP contribution in [0.4, 0.5) is 0 Å². The molecule has 136 valence electrons. The van der Waals surface area contributed by atoms with Gasteiger partial charge in [-0.2, -0.15) is 0 Å². The van der Waals surface area contributed by atoms with Gasteiger partial charge in [-0.25, -0.2) is 0 Å². The molecule has 8 N–H and O–H groups in total. The minimum atomic E-state index is -1.72.